The zero-order valence-corrected chi connectivity index (χ0v) is 11.0. The van der Waals surface area contributed by atoms with Crippen LogP contribution in [0.1, 0.15) is 18.4 Å². The van der Waals surface area contributed by atoms with Gasteiger partial charge in [0.05, 0.1) is 6.10 Å². The average molecular weight is 269 g/mol. The Morgan fingerprint density at radius 1 is 1.56 bits per heavy atom. The van der Waals surface area contributed by atoms with Crippen LogP contribution in [0.2, 0.25) is 5.02 Å². The van der Waals surface area contributed by atoms with Gasteiger partial charge >= 0.3 is 0 Å². The Bertz CT molecular complexity index is 451. The van der Waals surface area contributed by atoms with Crippen molar-refractivity contribution in [1.29, 1.82) is 0 Å². The minimum atomic E-state index is -0.406. The van der Waals surface area contributed by atoms with Gasteiger partial charge in [0.2, 0.25) is 0 Å². The van der Waals surface area contributed by atoms with Gasteiger partial charge in [0, 0.05) is 17.3 Å². The number of nitrogens with one attached hydrogen (secondary N) is 1. The highest BCUT2D eigenvalue weighted by Crippen LogP contribution is 2.23. The Morgan fingerprint density at radius 3 is 3.00 bits per heavy atom. The molecule has 3 N–H and O–H groups in total. The second kappa shape index (κ2) is 5.69. The van der Waals surface area contributed by atoms with Crippen LogP contribution >= 0.6 is 11.6 Å². The van der Waals surface area contributed by atoms with Crippen molar-refractivity contribution in [2.45, 2.75) is 32.0 Å². The van der Waals surface area contributed by atoms with Gasteiger partial charge in [-0.1, -0.05) is 17.7 Å². The first-order valence-corrected chi connectivity index (χ1v) is 6.40. The summed E-state index contributed by atoms with van der Waals surface area (Å²) < 4.78 is 5.54. The lowest BCUT2D eigenvalue weighted by molar-refractivity contribution is -0.126. The molecule has 1 amide bonds. The normalized spacial score (nSPS) is 23.1. The number of rotatable bonds is 3. The minimum absolute atomic E-state index is 0.00112. The van der Waals surface area contributed by atoms with Crippen molar-refractivity contribution in [3.63, 3.8) is 0 Å². The largest absolute Gasteiger partial charge is 0.364 e. The average Bonchev–Trinajstić information content (AvgIpc) is 2.82. The Kier molecular flexibility index (Phi) is 4.22. The van der Waals surface area contributed by atoms with Crippen LogP contribution in [-0.4, -0.2) is 24.7 Å². The fourth-order valence-electron chi connectivity index (χ4n) is 2.01. The number of aryl methyl sites for hydroxylation is 1. The fourth-order valence-corrected chi connectivity index (χ4v) is 2.19. The topological polar surface area (TPSA) is 64.4 Å². The van der Waals surface area contributed by atoms with Crippen molar-refractivity contribution in [1.82, 2.24) is 0 Å². The molecule has 0 bridgehead atoms. The van der Waals surface area contributed by atoms with Crippen molar-refractivity contribution in [3.05, 3.63) is 28.8 Å². The first-order valence-electron chi connectivity index (χ1n) is 6.02. The molecule has 2 atom stereocenters. The molecule has 4 nitrogen and oxygen atoms in total. The number of anilines is 1. The third kappa shape index (κ3) is 3.02. The van der Waals surface area contributed by atoms with Gasteiger partial charge < -0.3 is 15.8 Å². The molecule has 1 aliphatic heterocycles. The number of halogens is 1. The Hall–Kier alpha value is -1.10. The molecule has 98 valence electrons. The van der Waals surface area contributed by atoms with Crippen molar-refractivity contribution in [3.8, 4) is 0 Å². The minimum Gasteiger partial charge on any atom is -0.364 e. The highest BCUT2D eigenvalue weighted by molar-refractivity contribution is 6.31. The molecule has 0 aromatic heterocycles. The van der Waals surface area contributed by atoms with E-state index in [-0.39, 0.29) is 12.0 Å². The third-order valence-corrected chi connectivity index (χ3v) is 3.36. The molecule has 1 aromatic rings. The van der Waals surface area contributed by atoms with Gasteiger partial charge in [0.1, 0.15) is 6.10 Å². The molecule has 0 unspecified atom stereocenters. The maximum absolute atomic E-state index is 12.0. The Balaban J connectivity index is 2.01. The smallest absolute Gasteiger partial charge is 0.253 e. The molecule has 1 saturated heterocycles. The number of ether oxygens (including phenoxy) is 1. The first kappa shape index (κ1) is 13.3. The van der Waals surface area contributed by atoms with Crippen LogP contribution < -0.4 is 11.1 Å². The fraction of sp³-hybridized carbons (Fsp3) is 0.462. The first-order chi connectivity index (χ1) is 8.60. The predicted molar refractivity (Wildman–Crippen MR) is 71.8 cm³/mol. The molecule has 0 spiro atoms. The number of nitrogens with two attached hydrogens (primary N) is 1. The highest BCUT2D eigenvalue weighted by atomic mass is 35.5. The Labute approximate surface area is 111 Å². The van der Waals surface area contributed by atoms with Gasteiger partial charge in [0.25, 0.3) is 5.91 Å². The summed E-state index contributed by atoms with van der Waals surface area (Å²) in [6, 6.07) is 5.41. The van der Waals surface area contributed by atoms with Crippen LogP contribution in [0.15, 0.2) is 18.2 Å². The lowest BCUT2D eigenvalue weighted by atomic mass is 10.1. The number of benzene rings is 1. The van der Waals surface area contributed by atoms with E-state index < -0.39 is 6.10 Å². The lowest BCUT2D eigenvalue weighted by Crippen LogP contribution is -2.30. The van der Waals surface area contributed by atoms with Crippen molar-refractivity contribution < 1.29 is 9.53 Å². The van der Waals surface area contributed by atoms with Crippen LogP contribution in [0.4, 0.5) is 5.69 Å². The van der Waals surface area contributed by atoms with Gasteiger partial charge in [-0.2, -0.15) is 0 Å². The summed E-state index contributed by atoms with van der Waals surface area (Å²) in [5, 5.41) is 3.45. The maximum Gasteiger partial charge on any atom is 0.253 e. The van der Waals surface area contributed by atoms with E-state index in [0.717, 1.165) is 17.7 Å². The molecular weight excluding hydrogens is 252 g/mol. The molecule has 1 aliphatic rings. The second-order valence-electron chi connectivity index (χ2n) is 4.51. The summed E-state index contributed by atoms with van der Waals surface area (Å²) >= 11 is 5.91. The number of hydrogen-bond donors (Lipinski definition) is 2. The zero-order valence-electron chi connectivity index (χ0n) is 10.3. The van der Waals surface area contributed by atoms with E-state index in [4.69, 9.17) is 22.1 Å². The maximum atomic E-state index is 12.0. The van der Waals surface area contributed by atoms with Gasteiger partial charge in [-0.05, 0) is 37.5 Å². The predicted octanol–water partition coefficient (Wildman–Crippen LogP) is 2.09. The SMILES string of the molecule is Cc1ccc(Cl)cc1NC(=O)[C@@H]1CC[C@H](CN)O1. The summed E-state index contributed by atoms with van der Waals surface area (Å²) in [4.78, 5) is 12.0. The molecule has 2 rings (SSSR count). The van der Waals surface area contributed by atoms with Gasteiger partial charge in [-0.3, -0.25) is 4.79 Å². The van der Waals surface area contributed by atoms with Crippen molar-refractivity contribution >= 4 is 23.2 Å². The van der Waals surface area contributed by atoms with Crippen LogP contribution in [0.3, 0.4) is 0 Å². The van der Waals surface area contributed by atoms with E-state index in [1.807, 2.05) is 13.0 Å². The molecule has 0 saturated carbocycles. The standard InChI is InChI=1S/C13H17ClN2O2/c1-8-2-3-9(14)6-11(8)16-13(17)12-5-4-10(7-15)18-12/h2-3,6,10,12H,4-5,7,15H2,1H3,(H,16,17)/t10-,12+/m1/s1. The van der Waals surface area contributed by atoms with E-state index in [0.29, 0.717) is 18.0 Å². The number of carbonyl (C=O) groups is 1. The summed E-state index contributed by atoms with van der Waals surface area (Å²) in [5.41, 5.74) is 7.22. The number of amides is 1. The van der Waals surface area contributed by atoms with Crippen LogP contribution in [-0.2, 0) is 9.53 Å². The summed E-state index contributed by atoms with van der Waals surface area (Å²) in [6.45, 7) is 2.38. The summed E-state index contributed by atoms with van der Waals surface area (Å²) in [6.07, 6.45) is 1.15. The molecule has 1 aromatic carbocycles. The van der Waals surface area contributed by atoms with Gasteiger partial charge in [-0.25, -0.2) is 0 Å². The van der Waals surface area contributed by atoms with Crippen LogP contribution in [0, 0.1) is 6.92 Å². The van der Waals surface area contributed by atoms with E-state index >= 15 is 0 Å². The third-order valence-electron chi connectivity index (χ3n) is 3.12. The van der Waals surface area contributed by atoms with E-state index in [1.165, 1.54) is 0 Å². The summed E-state index contributed by atoms with van der Waals surface area (Å²) in [5.74, 6) is -0.128. The molecule has 1 heterocycles. The molecular formula is C13H17ClN2O2. The molecule has 0 radical (unpaired) electrons. The quantitative estimate of drug-likeness (QED) is 0.882. The van der Waals surface area contributed by atoms with Gasteiger partial charge in [0.15, 0.2) is 0 Å². The van der Waals surface area contributed by atoms with Crippen LogP contribution in [0.25, 0.3) is 0 Å². The Morgan fingerprint density at radius 2 is 2.33 bits per heavy atom. The lowest BCUT2D eigenvalue weighted by Gasteiger charge is -2.14. The molecule has 1 fully saturated rings. The van der Waals surface area contributed by atoms with Crippen LogP contribution in [0.5, 0.6) is 0 Å². The zero-order chi connectivity index (χ0) is 13.1. The van der Waals surface area contributed by atoms with E-state index in [9.17, 15) is 4.79 Å². The number of carbonyl (C=O) groups excluding carboxylic acids is 1. The van der Waals surface area contributed by atoms with Crippen molar-refractivity contribution in [2.24, 2.45) is 5.73 Å². The van der Waals surface area contributed by atoms with E-state index in [1.54, 1.807) is 12.1 Å². The molecule has 0 aliphatic carbocycles. The monoisotopic (exact) mass is 268 g/mol. The molecule has 18 heavy (non-hydrogen) atoms. The van der Waals surface area contributed by atoms with Crippen molar-refractivity contribution in [2.75, 3.05) is 11.9 Å². The van der Waals surface area contributed by atoms with Gasteiger partial charge in [-0.15, -0.1) is 0 Å². The molecule has 5 heteroatoms. The van der Waals surface area contributed by atoms with E-state index in [2.05, 4.69) is 5.32 Å². The summed E-state index contributed by atoms with van der Waals surface area (Å²) in [7, 11) is 0. The number of hydrogen-bond acceptors (Lipinski definition) is 3. The highest BCUT2D eigenvalue weighted by Gasteiger charge is 2.29. The second-order valence-corrected chi connectivity index (χ2v) is 4.94.